The van der Waals surface area contributed by atoms with Crippen molar-refractivity contribution >= 4 is 30.0 Å². The van der Waals surface area contributed by atoms with Gasteiger partial charge in [0, 0.05) is 6.54 Å². The number of amides is 4. The molecule has 1 aromatic carbocycles. The van der Waals surface area contributed by atoms with Crippen molar-refractivity contribution in [2.24, 2.45) is 17.8 Å². The van der Waals surface area contributed by atoms with Gasteiger partial charge in [-0.25, -0.2) is 9.59 Å². The van der Waals surface area contributed by atoms with Gasteiger partial charge < -0.3 is 35.5 Å². The van der Waals surface area contributed by atoms with E-state index in [1.807, 2.05) is 51.1 Å². The van der Waals surface area contributed by atoms with Crippen molar-refractivity contribution in [2.75, 3.05) is 6.54 Å². The van der Waals surface area contributed by atoms with Crippen molar-refractivity contribution in [3.05, 3.63) is 35.9 Å². The van der Waals surface area contributed by atoms with E-state index in [-0.39, 0.29) is 42.8 Å². The van der Waals surface area contributed by atoms with Crippen LogP contribution in [0.25, 0.3) is 0 Å². The molecular formula is C37H58N4O8. The molecule has 1 aromatic rings. The van der Waals surface area contributed by atoms with Gasteiger partial charge >= 0.3 is 18.2 Å². The zero-order chi connectivity index (χ0) is 36.0. The number of hydrogen-bond acceptors (Lipinski definition) is 8. The number of cyclic esters (lactones) is 1. The third-order valence-electron chi connectivity index (χ3n) is 9.00. The van der Waals surface area contributed by atoms with E-state index in [1.54, 1.807) is 20.8 Å². The highest BCUT2D eigenvalue weighted by Gasteiger charge is 2.39. The van der Waals surface area contributed by atoms with E-state index >= 15 is 0 Å². The summed E-state index contributed by atoms with van der Waals surface area (Å²) in [6.45, 7) is 11.2. The van der Waals surface area contributed by atoms with E-state index in [4.69, 9.17) is 14.2 Å². The molecule has 12 nitrogen and oxygen atoms in total. The van der Waals surface area contributed by atoms with E-state index in [2.05, 4.69) is 21.3 Å². The van der Waals surface area contributed by atoms with Crippen molar-refractivity contribution in [3.8, 4) is 0 Å². The third kappa shape index (κ3) is 14.3. The Morgan fingerprint density at radius 2 is 1.61 bits per heavy atom. The normalized spacial score (nSPS) is 20.0. The van der Waals surface area contributed by atoms with Crippen LogP contribution >= 0.6 is 0 Å². The molecule has 5 atom stereocenters. The number of rotatable bonds is 16. The Hall–Kier alpha value is -3.83. The lowest BCUT2D eigenvalue weighted by molar-refractivity contribution is -0.146. The molecule has 3 rings (SSSR count). The van der Waals surface area contributed by atoms with E-state index in [1.165, 1.54) is 6.42 Å². The molecule has 4 amide bonds. The van der Waals surface area contributed by atoms with Crippen molar-refractivity contribution in [1.82, 2.24) is 21.3 Å². The Balaban J connectivity index is 1.60. The second-order valence-electron chi connectivity index (χ2n) is 14.9. The minimum Gasteiger partial charge on any atom is -0.460 e. The fraction of sp³-hybridized carbons (Fsp3) is 0.703. The molecule has 2 aliphatic rings. The maximum atomic E-state index is 13.8. The molecule has 12 heteroatoms. The lowest BCUT2D eigenvalue weighted by Gasteiger charge is -2.32. The fourth-order valence-electron chi connectivity index (χ4n) is 6.31. The largest absolute Gasteiger partial charge is 0.460 e. The zero-order valence-corrected chi connectivity index (χ0v) is 30.2. The zero-order valence-electron chi connectivity index (χ0n) is 30.2. The summed E-state index contributed by atoms with van der Waals surface area (Å²) >= 11 is 0. The summed E-state index contributed by atoms with van der Waals surface area (Å²) in [7, 11) is 0. The first kappa shape index (κ1) is 39.6. The van der Waals surface area contributed by atoms with Crippen LogP contribution in [0.3, 0.4) is 0 Å². The average molecular weight is 687 g/mol. The molecule has 0 aromatic heterocycles. The summed E-state index contributed by atoms with van der Waals surface area (Å²) in [5.74, 6) is -1.18. The van der Waals surface area contributed by atoms with E-state index in [9.17, 15) is 24.0 Å². The van der Waals surface area contributed by atoms with Gasteiger partial charge in [0.05, 0.1) is 12.0 Å². The number of unbranched alkanes of at least 4 members (excludes halogenated alkanes) is 1. The summed E-state index contributed by atoms with van der Waals surface area (Å²) in [6, 6.07) is 7.13. The van der Waals surface area contributed by atoms with Crippen LogP contribution in [0.4, 0.5) is 9.59 Å². The average Bonchev–Trinajstić information content (AvgIpc) is 3.38. The molecular weight excluding hydrogens is 628 g/mol. The second kappa shape index (κ2) is 19.4. The van der Waals surface area contributed by atoms with Gasteiger partial charge in [-0.05, 0) is 70.3 Å². The Morgan fingerprint density at radius 3 is 2.22 bits per heavy atom. The van der Waals surface area contributed by atoms with Crippen molar-refractivity contribution in [2.45, 2.75) is 142 Å². The van der Waals surface area contributed by atoms with Crippen LogP contribution in [-0.4, -0.2) is 66.3 Å². The molecule has 0 radical (unpaired) electrons. The predicted molar refractivity (Wildman–Crippen MR) is 185 cm³/mol. The maximum absolute atomic E-state index is 13.8. The molecule has 0 unspecified atom stereocenters. The van der Waals surface area contributed by atoms with Gasteiger partial charge in [0.1, 0.15) is 30.4 Å². The van der Waals surface area contributed by atoms with Gasteiger partial charge in [-0.3, -0.25) is 14.4 Å². The van der Waals surface area contributed by atoms with Gasteiger partial charge in [-0.1, -0.05) is 83.2 Å². The standard InChI is InChI=1S/C37H58N4O8/c1-24(2)31(33(43)39-29(22-26-15-9-7-10-16-26)30-21-25(3)34(44)48-30)41-32(42)28(40-36(46)49-37(4,5)6)19-13-14-20-38-35(45)47-23-27-17-11-8-12-18-27/h8,11-12,17-18,24-26,28-31H,7,9-10,13-16,19-23H2,1-6H3,(H,38,45)(H,39,43)(H,40,46)(H,41,42)/t25-,28+,29+,30+,31+/m1/s1. The number of ether oxygens (including phenoxy) is 3. The van der Waals surface area contributed by atoms with Crippen LogP contribution in [0.2, 0.25) is 0 Å². The summed E-state index contributed by atoms with van der Waals surface area (Å²) in [5, 5.41) is 11.4. The summed E-state index contributed by atoms with van der Waals surface area (Å²) in [5.41, 5.74) is 0.105. The highest BCUT2D eigenvalue weighted by molar-refractivity contribution is 5.91. The summed E-state index contributed by atoms with van der Waals surface area (Å²) in [6.07, 6.45) is 6.48. The smallest absolute Gasteiger partial charge is 0.408 e. The first-order chi connectivity index (χ1) is 23.2. The molecule has 1 aliphatic carbocycles. The Kier molecular flexibility index (Phi) is 15.7. The number of alkyl carbamates (subject to hydrolysis) is 2. The minimum absolute atomic E-state index is 0.158. The number of esters is 1. The predicted octanol–water partition coefficient (Wildman–Crippen LogP) is 5.52. The first-order valence-electron chi connectivity index (χ1n) is 18.0. The van der Waals surface area contributed by atoms with Crippen LogP contribution in [0.15, 0.2) is 30.3 Å². The van der Waals surface area contributed by atoms with Crippen LogP contribution in [0.1, 0.15) is 111 Å². The van der Waals surface area contributed by atoms with Crippen LogP contribution in [-0.2, 0) is 35.2 Å². The fourth-order valence-corrected chi connectivity index (χ4v) is 6.31. The van der Waals surface area contributed by atoms with Crippen LogP contribution < -0.4 is 21.3 Å². The van der Waals surface area contributed by atoms with Crippen LogP contribution in [0.5, 0.6) is 0 Å². The lowest BCUT2D eigenvalue weighted by atomic mass is 9.83. The van der Waals surface area contributed by atoms with E-state index in [0.717, 1.165) is 31.2 Å². The quantitative estimate of drug-likeness (QED) is 0.100. The molecule has 0 bridgehead atoms. The Bertz CT molecular complexity index is 1230. The second-order valence-corrected chi connectivity index (χ2v) is 14.9. The molecule has 49 heavy (non-hydrogen) atoms. The monoisotopic (exact) mass is 686 g/mol. The molecule has 4 N–H and O–H groups in total. The van der Waals surface area contributed by atoms with Gasteiger partial charge in [-0.2, -0.15) is 0 Å². The van der Waals surface area contributed by atoms with Crippen molar-refractivity contribution < 1.29 is 38.2 Å². The van der Waals surface area contributed by atoms with Gasteiger partial charge in [0.25, 0.3) is 0 Å². The topological polar surface area (TPSA) is 161 Å². The van der Waals surface area contributed by atoms with E-state index in [0.29, 0.717) is 38.1 Å². The molecule has 1 heterocycles. The highest BCUT2D eigenvalue weighted by Crippen LogP contribution is 2.32. The Labute approximate surface area is 291 Å². The van der Waals surface area contributed by atoms with Gasteiger partial charge in [-0.15, -0.1) is 0 Å². The molecule has 1 saturated carbocycles. The van der Waals surface area contributed by atoms with Gasteiger partial charge in [0.2, 0.25) is 11.8 Å². The molecule has 274 valence electrons. The minimum atomic E-state index is -0.983. The summed E-state index contributed by atoms with van der Waals surface area (Å²) < 4.78 is 16.4. The first-order valence-corrected chi connectivity index (χ1v) is 18.0. The third-order valence-corrected chi connectivity index (χ3v) is 9.00. The Morgan fingerprint density at radius 1 is 0.918 bits per heavy atom. The van der Waals surface area contributed by atoms with Crippen LogP contribution in [0, 0.1) is 17.8 Å². The SMILES string of the molecule is CC(C)[C@H](NC(=O)[C@H](CCCCNC(=O)OCc1ccccc1)NC(=O)OC(C)(C)C)C(=O)N[C@@H](CC1CCCCC1)[C@@H]1C[C@@H](C)C(=O)O1. The summed E-state index contributed by atoms with van der Waals surface area (Å²) in [4.78, 5) is 64.6. The number of carbonyl (C=O) groups excluding carboxylic acids is 5. The van der Waals surface area contributed by atoms with Crippen molar-refractivity contribution in [1.29, 1.82) is 0 Å². The maximum Gasteiger partial charge on any atom is 0.408 e. The van der Waals surface area contributed by atoms with E-state index < -0.39 is 41.9 Å². The van der Waals surface area contributed by atoms with Gasteiger partial charge in [0.15, 0.2) is 0 Å². The highest BCUT2D eigenvalue weighted by atomic mass is 16.6. The molecule has 1 saturated heterocycles. The molecule has 1 aliphatic heterocycles. The number of carbonyl (C=O) groups is 5. The van der Waals surface area contributed by atoms with Crippen molar-refractivity contribution in [3.63, 3.8) is 0 Å². The molecule has 2 fully saturated rings. The number of benzene rings is 1. The number of hydrogen-bond donors (Lipinski definition) is 4. The molecule has 0 spiro atoms. The number of nitrogens with one attached hydrogen (secondary N) is 4. The lowest BCUT2D eigenvalue weighted by Crippen LogP contribution is -2.58.